The number of hydrogen-bond acceptors (Lipinski definition) is 3. The van der Waals surface area contributed by atoms with Crippen molar-refractivity contribution in [2.75, 3.05) is 32.9 Å². The van der Waals surface area contributed by atoms with Crippen LogP contribution in [0, 0.1) is 6.92 Å². The van der Waals surface area contributed by atoms with Crippen LogP contribution in [0.4, 0.5) is 0 Å². The van der Waals surface area contributed by atoms with Gasteiger partial charge >= 0.3 is 0 Å². The summed E-state index contributed by atoms with van der Waals surface area (Å²) in [5.41, 5.74) is 2.56. The van der Waals surface area contributed by atoms with E-state index in [4.69, 9.17) is 0 Å². The van der Waals surface area contributed by atoms with Gasteiger partial charge in [-0.25, -0.2) is 13.1 Å². The van der Waals surface area contributed by atoms with Crippen LogP contribution in [0.2, 0.25) is 0 Å². The number of rotatable bonds is 8. The summed E-state index contributed by atoms with van der Waals surface area (Å²) >= 11 is 0. The van der Waals surface area contributed by atoms with Crippen molar-refractivity contribution in [1.82, 2.24) is 15.4 Å². The fourth-order valence-corrected chi connectivity index (χ4v) is 2.63. The molecule has 1 aromatic carbocycles. The molecule has 3 N–H and O–H groups in total. The summed E-state index contributed by atoms with van der Waals surface area (Å²) in [7, 11) is -1.39. The van der Waals surface area contributed by atoms with Crippen LogP contribution in [0.1, 0.15) is 30.4 Å². The quantitative estimate of drug-likeness (QED) is 0.377. The maximum absolute atomic E-state index is 11.0. The summed E-state index contributed by atoms with van der Waals surface area (Å²) in [4.78, 5) is 4.17. The van der Waals surface area contributed by atoms with E-state index in [1.54, 1.807) is 7.05 Å². The Labute approximate surface area is 139 Å². The molecule has 0 spiro atoms. The van der Waals surface area contributed by atoms with E-state index >= 15 is 0 Å². The maximum Gasteiger partial charge on any atom is 0.208 e. The second-order valence-corrected chi connectivity index (χ2v) is 7.55. The zero-order valence-electron chi connectivity index (χ0n) is 14.4. The van der Waals surface area contributed by atoms with Crippen molar-refractivity contribution >= 4 is 16.0 Å². The van der Waals surface area contributed by atoms with Gasteiger partial charge in [-0.2, -0.15) is 0 Å². The molecule has 1 aromatic rings. The Morgan fingerprint density at radius 1 is 1.26 bits per heavy atom. The molecule has 0 aliphatic rings. The molecule has 6 nitrogen and oxygen atoms in total. The number of aliphatic imine (C=N–C) groups is 1. The van der Waals surface area contributed by atoms with Crippen molar-refractivity contribution in [3.8, 4) is 0 Å². The van der Waals surface area contributed by atoms with E-state index in [1.807, 2.05) is 0 Å². The van der Waals surface area contributed by atoms with Crippen molar-refractivity contribution in [3.05, 3.63) is 35.4 Å². The topological polar surface area (TPSA) is 82.6 Å². The fourth-order valence-electron chi connectivity index (χ4n) is 2.12. The molecule has 130 valence electrons. The first-order valence-corrected chi connectivity index (χ1v) is 9.66. The molecule has 0 aliphatic carbocycles. The SMILES string of the molecule is CN=C(NCCCNS(C)(=O)=O)NCC(C)c1cccc(C)c1. The van der Waals surface area contributed by atoms with Gasteiger partial charge in [0, 0.05) is 26.7 Å². The lowest BCUT2D eigenvalue weighted by molar-refractivity contribution is 0.584. The van der Waals surface area contributed by atoms with Gasteiger partial charge in [0.25, 0.3) is 0 Å². The largest absolute Gasteiger partial charge is 0.356 e. The molecule has 0 aromatic heterocycles. The standard InChI is InChI=1S/C16H28N4O2S/c1-13-7-5-8-15(11-13)14(2)12-19-16(17-3)18-9-6-10-20-23(4,21)22/h5,7-8,11,14,20H,6,9-10,12H2,1-4H3,(H2,17,18,19). The van der Waals surface area contributed by atoms with E-state index < -0.39 is 10.0 Å². The molecule has 0 heterocycles. The summed E-state index contributed by atoms with van der Waals surface area (Å²) in [5, 5.41) is 6.47. The lowest BCUT2D eigenvalue weighted by Crippen LogP contribution is -2.40. The van der Waals surface area contributed by atoms with Gasteiger partial charge < -0.3 is 10.6 Å². The van der Waals surface area contributed by atoms with Crippen LogP contribution in [-0.4, -0.2) is 47.3 Å². The molecule has 23 heavy (non-hydrogen) atoms. The molecule has 7 heteroatoms. The highest BCUT2D eigenvalue weighted by atomic mass is 32.2. The van der Waals surface area contributed by atoms with Crippen molar-refractivity contribution in [2.24, 2.45) is 4.99 Å². The zero-order chi connectivity index (χ0) is 17.3. The summed E-state index contributed by atoms with van der Waals surface area (Å²) in [6.45, 7) is 6.12. The first-order chi connectivity index (χ1) is 10.8. The number of nitrogens with one attached hydrogen (secondary N) is 3. The Bertz CT molecular complexity index is 614. The number of benzene rings is 1. The number of aryl methyl sites for hydroxylation is 1. The van der Waals surface area contributed by atoms with Gasteiger partial charge in [-0.1, -0.05) is 36.8 Å². The molecule has 0 radical (unpaired) electrons. The third kappa shape index (κ3) is 8.56. The highest BCUT2D eigenvalue weighted by Crippen LogP contribution is 2.15. The molecule has 1 unspecified atom stereocenters. The Morgan fingerprint density at radius 3 is 2.61 bits per heavy atom. The van der Waals surface area contributed by atoms with Gasteiger partial charge in [-0.05, 0) is 24.8 Å². The predicted molar refractivity (Wildman–Crippen MR) is 96.4 cm³/mol. The lowest BCUT2D eigenvalue weighted by Gasteiger charge is -2.16. The van der Waals surface area contributed by atoms with Gasteiger partial charge in [0.2, 0.25) is 10.0 Å². The Morgan fingerprint density at radius 2 is 2.00 bits per heavy atom. The minimum atomic E-state index is -3.11. The van der Waals surface area contributed by atoms with Gasteiger partial charge in [-0.15, -0.1) is 0 Å². The molecule has 0 saturated heterocycles. The van der Waals surface area contributed by atoms with Crippen molar-refractivity contribution in [2.45, 2.75) is 26.2 Å². The van der Waals surface area contributed by atoms with Gasteiger partial charge in [-0.3, -0.25) is 4.99 Å². The number of hydrogen-bond donors (Lipinski definition) is 3. The van der Waals surface area contributed by atoms with Gasteiger partial charge in [0.05, 0.1) is 6.26 Å². The maximum atomic E-state index is 11.0. The predicted octanol–water partition coefficient (Wildman–Crippen LogP) is 1.20. The van der Waals surface area contributed by atoms with E-state index in [-0.39, 0.29) is 0 Å². The zero-order valence-corrected chi connectivity index (χ0v) is 15.2. The van der Waals surface area contributed by atoms with Crippen LogP contribution in [0.5, 0.6) is 0 Å². The Hall–Kier alpha value is -1.60. The molecule has 0 fully saturated rings. The smallest absolute Gasteiger partial charge is 0.208 e. The fraction of sp³-hybridized carbons (Fsp3) is 0.562. The van der Waals surface area contributed by atoms with Crippen LogP contribution in [0.15, 0.2) is 29.3 Å². The highest BCUT2D eigenvalue weighted by Gasteiger charge is 2.07. The normalized spacial score (nSPS) is 13.7. The van der Waals surface area contributed by atoms with E-state index in [1.165, 1.54) is 11.1 Å². The highest BCUT2D eigenvalue weighted by molar-refractivity contribution is 7.88. The Balaban J connectivity index is 2.31. The molecule has 0 amide bonds. The molecule has 0 bridgehead atoms. The van der Waals surface area contributed by atoms with E-state index in [0.29, 0.717) is 25.4 Å². The number of sulfonamides is 1. The lowest BCUT2D eigenvalue weighted by atomic mass is 9.99. The second kappa shape index (κ2) is 9.52. The molecule has 0 aliphatic heterocycles. The van der Waals surface area contributed by atoms with Crippen LogP contribution in [0.3, 0.4) is 0 Å². The molecule has 1 rings (SSSR count). The number of nitrogens with zero attached hydrogens (tertiary/aromatic N) is 1. The van der Waals surface area contributed by atoms with Crippen molar-refractivity contribution < 1.29 is 8.42 Å². The average Bonchev–Trinajstić information content (AvgIpc) is 2.48. The summed E-state index contributed by atoms with van der Waals surface area (Å²) in [6.07, 6.45) is 1.86. The third-order valence-electron chi connectivity index (χ3n) is 3.42. The molecular formula is C16H28N4O2S. The van der Waals surface area contributed by atoms with Crippen LogP contribution < -0.4 is 15.4 Å². The van der Waals surface area contributed by atoms with E-state index in [0.717, 1.165) is 18.8 Å². The van der Waals surface area contributed by atoms with Crippen molar-refractivity contribution in [3.63, 3.8) is 0 Å². The van der Waals surface area contributed by atoms with Crippen LogP contribution in [0.25, 0.3) is 0 Å². The monoisotopic (exact) mass is 340 g/mol. The Kier molecular flexibility index (Phi) is 8.05. The second-order valence-electron chi connectivity index (χ2n) is 5.72. The van der Waals surface area contributed by atoms with E-state index in [2.05, 4.69) is 58.5 Å². The first kappa shape index (κ1) is 19.4. The summed E-state index contributed by atoms with van der Waals surface area (Å²) in [6, 6.07) is 8.49. The van der Waals surface area contributed by atoms with Crippen LogP contribution >= 0.6 is 0 Å². The minimum absolute atomic E-state index is 0.375. The van der Waals surface area contributed by atoms with E-state index in [9.17, 15) is 8.42 Å². The third-order valence-corrected chi connectivity index (χ3v) is 4.15. The molecule has 1 atom stereocenters. The molecule has 0 saturated carbocycles. The van der Waals surface area contributed by atoms with Gasteiger partial charge in [0.15, 0.2) is 5.96 Å². The number of guanidine groups is 1. The van der Waals surface area contributed by atoms with Gasteiger partial charge in [0.1, 0.15) is 0 Å². The summed E-state index contributed by atoms with van der Waals surface area (Å²) < 4.78 is 24.4. The summed E-state index contributed by atoms with van der Waals surface area (Å²) in [5.74, 6) is 1.10. The van der Waals surface area contributed by atoms with Crippen LogP contribution in [-0.2, 0) is 10.0 Å². The first-order valence-electron chi connectivity index (χ1n) is 7.77. The van der Waals surface area contributed by atoms with Crippen molar-refractivity contribution in [1.29, 1.82) is 0 Å². The average molecular weight is 340 g/mol. The minimum Gasteiger partial charge on any atom is -0.356 e. The molecular weight excluding hydrogens is 312 g/mol.